The van der Waals surface area contributed by atoms with Gasteiger partial charge in [0.15, 0.2) is 5.65 Å². The van der Waals surface area contributed by atoms with E-state index in [1.54, 1.807) is 31.0 Å². The van der Waals surface area contributed by atoms with Crippen molar-refractivity contribution >= 4 is 23.4 Å². The molecule has 0 radical (unpaired) electrons. The zero-order chi connectivity index (χ0) is 16.2. The van der Waals surface area contributed by atoms with Gasteiger partial charge in [0.1, 0.15) is 11.3 Å². The number of thioether (sulfide) groups is 1. The molecule has 0 bridgehead atoms. The lowest BCUT2D eigenvalue weighted by molar-refractivity contribution is 0.0602. The van der Waals surface area contributed by atoms with E-state index >= 15 is 0 Å². The average Bonchev–Trinajstić information content (AvgIpc) is 3.02. The molecule has 0 amide bonds. The first kappa shape index (κ1) is 15.4. The van der Waals surface area contributed by atoms with Crippen molar-refractivity contribution in [1.82, 2.24) is 9.38 Å². The van der Waals surface area contributed by atoms with Gasteiger partial charge in [-0.05, 0) is 24.3 Å². The lowest BCUT2D eigenvalue weighted by Crippen LogP contribution is -2.03. The molecule has 3 rings (SSSR count). The predicted octanol–water partition coefficient (Wildman–Crippen LogP) is 3.42. The Morgan fingerprint density at radius 3 is 2.83 bits per heavy atom. The zero-order valence-electron chi connectivity index (χ0n) is 12.9. The third-order valence-electron chi connectivity index (χ3n) is 3.38. The third kappa shape index (κ3) is 3.17. The van der Waals surface area contributed by atoms with Crippen LogP contribution in [-0.2, 0) is 10.5 Å². The van der Waals surface area contributed by atoms with Gasteiger partial charge in [-0.25, -0.2) is 9.78 Å². The van der Waals surface area contributed by atoms with Gasteiger partial charge >= 0.3 is 5.97 Å². The lowest BCUT2D eigenvalue weighted by atomic mass is 10.3. The minimum atomic E-state index is -0.384. The fraction of sp³-hybridized carbons (Fsp3) is 0.176. The van der Waals surface area contributed by atoms with E-state index in [0.717, 1.165) is 16.3 Å². The van der Waals surface area contributed by atoms with Gasteiger partial charge in [-0.3, -0.25) is 0 Å². The summed E-state index contributed by atoms with van der Waals surface area (Å²) in [6.45, 7) is 0. The minimum absolute atomic E-state index is 0.384. The monoisotopic (exact) mass is 328 g/mol. The number of para-hydroxylation sites is 1. The number of carbonyl (C=O) groups is 1. The molecule has 3 aromatic rings. The Balaban J connectivity index is 1.85. The molecule has 0 atom stereocenters. The van der Waals surface area contributed by atoms with Crippen molar-refractivity contribution in [3.63, 3.8) is 0 Å². The number of carbonyl (C=O) groups excluding carboxylic acids is 1. The normalized spacial score (nSPS) is 10.7. The van der Waals surface area contributed by atoms with Gasteiger partial charge in [0.25, 0.3) is 0 Å². The lowest BCUT2D eigenvalue weighted by Gasteiger charge is -2.06. The molecule has 0 spiro atoms. The van der Waals surface area contributed by atoms with Crippen LogP contribution >= 0.6 is 11.8 Å². The highest BCUT2D eigenvalue weighted by molar-refractivity contribution is 7.98. The van der Waals surface area contributed by atoms with Crippen molar-refractivity contribution in [3.05, 3.63) is 60.0 Å². The second-order valence-electron chi connectivity index (χ2n) is 4.82. The molecule has 0 aliphatic carbocycles. The van der Waals surface area contributed by atoms with E-state index in [2.05, 4.69) is 4.98 Å². The van der Waals surface area contributed by atoms with Crippen LogP contribution in [0, 0.1) is 0 Å². The number of imidazole rings is 1. The number of rotatable bonds is 5. The number of pyridine rings is 1. The SMILES string of the molecule is COC(=O)c1cccn2cc(CSc3ccccc3OC)nc12. The number of benzene rings is 1. The summed E-state index contributed by atoms with van der Waals surface area (Å²) in [5.74, 6) is 1.14. The van der Waals surface area contributed by atoms with E-state index in [0.29, 0.717) is 17.0 Å². The minimum Gasteiger partial charge on any atom is -0.496 e. The quantitative estimate of drug-likeness (QED) is 0.530. The highest BCUT2D eigenvalue weighted by atomic mass is 32.2. The second kappa shape index (κ2) is 6.75. The van der Waals surface area contributed by atoms with E-state index in [9.17, 15) is 4.79 Å². The van der Waals surface area contributed by atoms with Crippen LogP contribution in [0.15, 0.2) is 53.7 Å². The summed E-state index contributed by atoms with van der Waals surface area (Å²) in [6, 6.07) is 11.4. The number of methoxy groups -OCH3 is 2. The molecule has 2 heterocycles. The Bertz CT molecular complexity index is 845. The van der Waals surface area contributed by atoms with Gasteiger partial charge in [-0.2, -0.15) is 0 Å². The Kier molecular flexibility index (Phi) is 4.52. The Labute approximate surface area is 138 Å². The molecule has 0 aliphatic rings. The molecule has 0 aliphatic heterocycles. The third-order valence-corrected chi connectivity index (χ3v) is 4.47. The summed E-state index contributed by atoms with van der Waals surface area (Å²) >= 11 is 1.64. The molecule has 1 aromatic carbocycles. The van der Waals surface area contributed by atoms with Crippen molar-refractivity contribution < 1.29 is 14.3 Å². The molecule has 0 N–H and O–H groups in total. The van der Waals surface area contributed by atoms with Gasteiger partial charge in [-0.1, -0.05) is 12.1 Å². The highest BCUT2D eigenvalue weighted by Gasteiger charge is 2.13. The number of aromatic nitrogens is 2. The van der Waals surface area contributed by atoms with Crippen molar-refractivity contribution in [1.29, 1.82) is 0 Å². The number of nitrogens with zero attached hydrogens (tertiary/aromatic N) is 2. The summed E-state index contributed by atoms with van der Waals surface area (Å²) < 4.78 is 12.0. The van der Waals surface area contributed by atoms with Crippen LogP contribution in [0.2, 0.25) is 0 Å². The second-order valence-corrected chi connectivity index (χ2v) is 5.83. The maximum Gasteiger partial charge on any atom is 0.341 e. The summed E-state index contributed by atoms with van der Waals surface area (Å²) in [7, 11) is 3.03. The van der Waals surface area contributed by atoms with E-state index in [1.165, 1.54) is 7.11 Å². The number of esters is 1. The smallest absolute Gasteiger partial charge is 0.341 e. The zero-order valence-corrected chi connectivity index (χ0v) is 13.7. The molecule has 5 nitrogen and oxygen atoms in total. The molecular formula is C17H16N2O3S. The maximum absolute atomic E-state index is 11.8. The van der Waals surface area contributed by atoms with Gasteiger partial charge in [0.05, 0.1) is 19.9 Å². The fourth-order valence-corrected chi connectivity index (χ4v) is 3.20. The summed E-state index contributed by atoms with van der Waals surface area (Å²) in [5.41, 5.74) is 1.95. The molecule has 118 valence electrons. The number of hydrogen-bond donors (Lipinski definition) is 0. The molecule has 0 saturated heterocycles. The van der Waals surface area contributed by atoms with Crippen LogP contribution in [0.1, 0.15) is 16.1 Å². The Morgan fingerprint density at radius 1 is 1.22 bits per heavy atom. The number of ether oxygens (including phenoxy) is 2. The first-order valence-electron chi connectivity index (χ1n) is 7.03. The maximum atomic E-state index is 11.8. The van der Waals surface area contributed by atoms with Crippen LogP contribution in [0.25, 0.3) is 5.65 Å². The van der Waals surface area contributed by atoms with Crippen molar-refractivity contribution in [2.45, 2.75) is 10.6 Å². The van der Waals surface area contributed by atoms with Crippen LogP contribution in [-0.4, -0.2) is 29.6 Å². The molecule has 0 fully saturated rings. The Morgan fingerprint density at radius 2 is 2.04 bits per heavy atom. The van der Waals surface area contributed by atoms with Crippen LogP contribution < -0.4 is 4.74 Å². The topological polar surface area (TPSA) is 52.8 Å². The van der Waals surface area contributed by atoms with Crippen molar-refractivity contribution in [3.8, 4) is 5.75 Å². The average molecular weight is 328 g/mol. The van der Waals surface area contributed by atoms with Gasteiger partial charge in [0.2, 0.25) is 0 Å². The standard InChI is InChI=1S/C17H16N2O3S/c1-21-14-7-3-4-8-15(14)23-11-12-10-19-9-5-6-13(16(19)18-12)17(20)22-2/h3-10H,11H2,1-2H3. The number of fused-ring (bicyclic) bond motifs is 1. The molecule has 0 unspecified atom stereocenters. The van der Waals surface area contributed by atoms with Crippen molar-refractivity contribution in [2.24, 2.45) is 0 Å². The summed E-state index contributed by atoms with van der Waals surface area (Å²) in [5, 5.41) is 0. The molecule has 23 heavy (non-hydrogen) atoms. The first-order valence-corrected chi connectivity index (χ1v) is 8.02. The largest absolute Gasteiger partial charge is 0.496 e. The summed E-state index contributed by atoms with van der Waals surface area (Å²) in [4.78, 5) is 17.4. The predicted molar refractivity (Wildman–Crippen MR) is 89.1 cm³/mol. The van der Waals surface area contributed by atoms with Crippen molar-refractivity contribution in [2.75, 3.05) is 14.2 Å². The van der Waals surface area contributed by atoms with Gasteiger partial charge in [-0.15, -0.1) is 11.8 Å². The van der Waals surface area contributed by atoms with E-state index in [1.807, 2.05) is 41.1 Å². The molecule has 0 saturated carbocycles. The first-order chi connectivity index (χ1) is 11.2. The highest BCUT2D eigenvalue weighted by Crippen LogP contribution is 2.31. The van der Waals surface area contributed by atoms with Crippen LogP contribution in [0.4, 0.5) is 0 Å². The fourth-order valence-electron chi connectivity index (χ4n) is 2.29. The number of hydrogen-bond acceptors (Lipinski definition) is 5. The molecule has 2 aromatic heterocycles. The Hall–Kier alpha value is -2.47. The van der Waals surface area contributed by atoms with Crippen LogP contribution in [0.3, 0.4) is 0 Å². The van der Waals surface area contributed by atoms with Gasteiger partial charge in [0, 0.05) is 23.0 Å². The van der Waals surface area contributed by atoms with Gasteiger partial charge < -0.3 is 13.9 Å². The molecular weight excluding hydrogens is 312 g/mol. The van der Waals surface area contributed by atoms with E-state index < -0.39 is 0 Å². The van der Waals surface area contributed by atoms with E-state index in [4.69, 9.17) is 9.47 Å². The molecule has 6 heteroatoms. The van der Waals surface area contributed by atoms with Crippen LogP contribution in [0.5, 0.6) is 5.75 Å². The van der Waals surface area contributed by atoms with E-state index in [-0.39, 0.29) is 5.97 Å². The summed E-state index contributed by atoms with van der Waals surface area (Å²) in [6.07, 6.45) is 3.79.